The van der Waals surface area contributed by atoms with Crippen LogP contribution in [0, 0.1) is 5.82 Å². The third kappa shape index (κ3) is 5.81. The van der Waals surface area contributed by atoms with E-state index in [0.717, 1.165) is 10.8 Å². The predicted octanol–water partition coefficient (Wildman–Crippen LogP) is 5.92. The van der Waals surface area contributed by atoms with E-state index in [4.69, 9.17) is 9.47 Å². The molecule has 0 atom stereocenters. The number of hydrogen-bond acceptors (Lipinski definition) is 4. The Labute approximate surface area is 199 Å². The first kappa shape index (κ1) is 25.0. The molecule has 0 heterocycles. The van der Waals surface area contributed by atoms with Crippen LogP contribution in [0.1, 0.15) is 43.6 Å². The van der Waals surface area contributed by atoms with Crippen LogP contribution in [0.3, 0.4) is 0 Å². The van der Waals surface area contributed by atoms with E-state index in [0.29, 0.717) is 16.9 Å². The molecular weight excluding hydrogens is 433 g/mol. The third-order valence-electron chi connectivity index (χ3n) is 5.43. The summed E-state index contributed by atoms with van der Waals surface area (Å²) >= 11 is 0. The molecule has 5 nitrogen and oxygen atoms in total. The van der Waals surface area contributed by atoms with Crippen LogP contribution >= 0.6 is 0 Å². The molecule has 0 fully saturated rings. The fourth-order valence-corrected chi connectivity index (χ4v) is 3.84. The second-order valence-electron chi connectivity index (χ2n) is 8.65. The minimum Gasteiger partial charge on any atom is -0.488 e. The van der Waals surface area contributed by atoms with Crippen molar-refractivity contribution in [1.29, 1.82) is 0 Å². The number of ether oxygens (including phenoxy) is 2. The Morgan fingerprint density at radius 2 is 1.59 bits per heavy atom. The number of fused-ring (bicyclic) bond motifs is 1. The van der Waals surface area contributed by atoms with Gasteiger partial charge in [-0.2, -0.15) is 0 Å². The van der Waals surface area contributed by atoms with Crippen molar-refractivity contribution in [3.8, 4) is 5.75 Å². The molecule has 0 N–H and O–H groups in total. The van der Waals surface area contributed by atoms with E-state index >= 15 is 0 Å². The van der Waals surface area contributed by atoms with Gasteiger partial charge in [-0.05, 0) is 62.2 Å². The highest BCUT2D eigenvalue weighted by atomic mass is 19.1. The number of amides is 1. The molecule has 0 radical (unpaired) electrons. The zero-order valence-corrected chi connectivity index (χ0v) is 20.0. The fourth-order valence-electron chi connectivity index (χ4n) is 3.84. The quantitative estimate of drug-likeness (QED) is 0.292. The lowest BCUT2D eigenvalue weighted by Crippen LogP contribution is -2.42. The maximum atomic E-state index is 13.6. The van der Waals surface area contributed by atoms with Crippen molar-refractivity contribution in [2.45, 2.75) is 46.4 Å². The van der Waals surface area contributed by atoms with Gasteiger partial charge in [0.2, 0.25) is 0 Å². The fraction of sp³-hybridized carbons (Fsp3) is 0.286. The summed E-state index contributed by atoms with van der Waals surface area (Å²) in [5.74, 6) is -0.741. The van der Waals surface area contributed by atoms with Crippen LogP contribution in [-0.4, -0.2) is 35.5 Å². The van der Waals surface area contributed by atoms with E-state index in [1.54, 1.807) is 23.1 Å². The number of benzene rings is 3. The van der Waals surface area contributed by atoms with Gasteiger partial charge in [0.25, 0.3) is 5.91 Å². The van der Waals surface area contributed by atoms with Crippen LogP contribution in [0.15, 0.2) is 72.8 Å². The molecule has 0 saturated carbocycles. The summed E-state index contributed by atoms with van der Waals surface area (Å²) in [6, 6.07) is 16.9. The van der Waals surface area contributed by atoms with Crippen molar-refractivity contribution in [3.63, 3.8) is 0 Å². The first-order valence-corrected chi connectivity index (χ1v) is 11.3. The topological polar surface area (TPSA) is 55.8 Å². The minimum absolute atomic E-state index is 0.00396. The van der Waals surface area contributed by atoms with Crippen LogP contribution in [0.2, 0.25) is 0 Å². The molecule has 3 aromatic rings. The van der Waals surface area contributed by atoms with E-state index in [9.17, 15) is 14.0 Å². The number of esters is 1. The van der Waals surface area contributed by atoms with Crippen LogP contribution in [0.25, 0.3) is 10.8 Å². The Hall–Kier alpha value is -3.67. The zero-order chi connectivity index (χ0) is 24.8. The third-order valence-corrected chi connectivity index (χ3v) is 5.43. The molecule has 0 aliphatic heterocycles. The number of rotatable bonds is 9. The van der Waals surface area contributed by atoms with E-state index in [1.807, 2.05) is 58.0 Å². The van der Waals surface area contributed by atoms with Crippen molar-refractivity contribution in [3.05, 3.63) is 89.8 Å². The van der Waals surface area contributed by atoms with Crippen LogP contribution in [0.4, 0.5) is 4.39 Å². The summed E-state index contributed by atoms with van der Waals surface area (Å²) in [5.41, 5.74) is 1.22. The van der Waals surface area contributed by atoms with Crippen molar-refractivity contribution in [1.82, 2.24) is 4.90 Å². The van der Waals surface area contributed by atoms with Crippen LogP contribution < -0.4 is 4.74 Å². The van der Waals surface area contributed by atoms with E-state index < -0.39 is 5.97 Å². The number of nitrogens with zero attached hydrogens (tertiary/aromatic N) is 1. The summed E-state index contributed by atoms with van der Waals surface area (Å²) in [5, 5.41) is 1.70. The first-order valence-electron chi connectivity index (χ1n) is 11.3. The average molecular weight is 464 g/mol. The molecule has 0 saturated heterocycles. The highest BCUT2D eigenvalue weighted by molar-refractivity contribution is 6.09. The first-order chi connectivity index (χ1) is 16.2. The Bertz CT molecular complexity index is 1180. The van der Waals surface area contributed by atoms with Gasteiger partial charge in [0, 0.05) is 12.1 Å². The standard InChI is InChI=1S/C28H30FNO4/c1-18(2)30(19(3)4)27(31)26-24-9-7-6-8-22(24)12-15-25(26)33-16-20(5)28(32)34-17-21-10-13-23(29)14-11-21/h6-15,18-19H,5,16-17H2,1-4H3. The van der Waals surface area contributed by atoms with Crippen molar-refractivity contribution < 1.29 is 23.5 Å². The summed E-state index contributed by atoms with van der Waals surface area (Å²) < 4.78 is 24.2. The van der Waals surface area contributed by atoms with Gasteiger partial charge in [0.1, 0.15) is 24.8 Å². The van der Waals surface area contributed by atoms with Gasteiger partial charge >= 0.3 is 5.97 Å². The minimum atomic E-state index is -0.621. The molecule has 0 aliphatic carbocycles. The average Bonchev–Trinajstić information content (AvgIpc) is 2.80. The molecule has 3 aromatic carbocycles. The van der Waals surface area contributed by atoms with E-state index in [-0.39, 0.29) is 42.6 Å². The highest BCUT2D eigenvalue weighted by Crippen LogP contribution is 2.31. The molecule has 34 heavy (non-hydrogen) atoms. The molecule has 6 heteroatoms. The van der Waals surface area contributed by atoms with Gasteiger partial charge in [-0.25, -0.2) is 9.18 Å². The van der Waals surface area contributed by atoms with Gasteiger partial charge < -0.3 is 14.4 Å². The van der Waals surface area contributed by atoms with Crippen molar-refractivity contribution in [2.75, 3.05) is 6.61 Å². The number of halogens is 1. The molecule has 1 amide bonds. The van der Waals surface area contributed by atoms with Gasteiger partial charge in [-0.15, -0.1) is 0 Å². The molecular formula is C28H30FNO4. The highest BCUT2D eigenvalue weighted by Gasteiger charge is 2.26. The molecule has 0 bridgehead atoms. The summed E-state index contributed by atoms with van der Waals surface area (Å²) in [6.07, 6.45) is 0. The Balaban J connectivity index is 1.79. The summed E-state index contributed by atoms with van der Waals surface area (Å²) in [4.78, 5) is 27.8. The maximum Gasteiger partial charge on any atom is 0.337 e. The SMILES string of the molecule is C=C(COc1ccc2ccccc2c1C(=O)N(C(C)C)C(C)C)C(=O)OCc1ccc(F)cc1. The second-order valence-corrected chi connectivity index (χ2v) is 8.65. The van der Waals surface area contributed by atoms with Crippen LogP contribution in [0.5, 0.6) is 5.75 Å². The number of carbonyl (C=O) groups excluding carboxylic acids is 2. The summed E-state index contributed by atoms with van der Waals surface area (Å²) in [6.45, 7) is 11.5. The number of carbonyl (C=O) groups is 2. The van der Waals surface area contributed by atoms with E-state index in [1.165, 1.54) is 12.1 Å². The Kier molecular flexibility index (Phi) is 8.05. The molecule has 178 valence electrons. The molecule has 0 aliphatic rings. The van der Waals surface area contributed by atoms with Crippen molar-refractivity contribution >= 4 is 22.6 Å². The molecule has 0 unspecified atom stereocenters. The molecule has 0 spiro atoms. The maximum absolute atomic E-state index is 13.6. The molecule has 0 aromatic heterocycles. The largest absolute Gasteiger partial charge is 0.488 e. The van der Waals surface area contributed by atoms with Gasteiger partial charge in [0.05, 0.1) is 11.1 Å². The lowest BCUT2D eigenvalue weighted by Gasteiger charge is -2.31. The monoisotopic (exact) mass is 463 g/mol. The van der Waals surface area contributed by atoms with Crippen molar-refractivity contribution in [2.24, 2.45) is 0 Å². The molecule has 3 rings (SSSR count). The Morgan fingerprint density at radius 3 is 2.24 bits per heavy atom. The van der Waals surface area contributed by atoms with Crippen LogP contribution in [-0.2, 0) is 16.1 Å². The Morgan fingerprint density at radius 1 is 0.941 bits per heavy atom. The smallest absolute Gasteiger partial charge is 0.337 e. The zero-order valence-electron chi connectivity index (χ0n) is 20.0. The number of hydrogen-bond donors (Lipinski definition) is 0. The van der Waals surface area contributed by atoms with Gasteiger partial charge in [0.15, 0.2) is 0 Å². The lowest BCUT2D eigenvalue weighted by atomic mass is 10.0. The summed E-state index contributed by atoms with van der Waals surface area (Å²) in [7, 11) is 0. The predicted molar refractivity (Wildman–Crippen MR) is 131 cm³/mol. The normalized spacial score (nSPS) is 11.0. The lowest BCUT2D eigenvalue weighted by molar-refractivity contribution is -0.140. The second kappa shape index (κ2) is 11.0. The van der Waals surface area contributed by atoms with E-state index in [2.05, 4.69) is 6.58 Å². The van der Waals surface area contributed by atoms with Gasteiger partial charge in [-0.1, -0.05) is 49.0 Å². The van der Waals surface area contributed by atoms with Gasteiger partial charge in [-0.3, -0.25) is 4.79 Å².